The summed E-state index contributed by atoms with van der Waals surface area (Å²) in [5, 5.41) is 0. The highest BCUT2D eigenvalue weighted by atomic mass is 15.1. The molecule has 0 amide bonds. The van der Waals surface area contributed by atoms with E-state index >= 15 is 0 Å². The summed E-state index contributed by atoms with van der Waals surface area (Å²) in [6.07, 6.45) is 5.57. The van der Waals surface area contributed by atoms with Crippen molar-refractivity contribution in [2.45, 2.75) is 6.04 Å². The molecule has 3 rings (SSSR count). The second-order valence-electron chi connectivity index (χ2n) is 4.45. The maximum Gasteiger partial charge on any atom is 0.0954 e. The molecule has 0 bridgehead atoms. The van der Waals surface area contributed by atoms with Crippen LogP contribution in [0.3, 0.4) is 0 Å². The van der Waals surface area contributed by atoms with Gasteiger partial charge in [0.25, 0.3) is 0 Å². The average molecular weight is 249 g/mol. The van der Waals surface area contributed by atoms with Gasteiger partial charge in [0.1, 0.15) is 0 Å². The molecule has 3 nitrogen and oxygen atoms in total. The number of aromatic nitrogens is 2. The number of rotatable bonds is 3. The number of hydrogen-bond donors (Lipinski definition) is 1. The largest absolute Gasteiger partial charge is 0.398 e. The minimum Gasteiger partial charge on any atom is -0.398 e. The highest BCUT2D eigenvalue weighted by Crippen LogP contribution is 2.29. The molecule has 0 saturated carbocycles. The van der Waals surface area contributed by atoms with Crippen LogP contribution in [0.2, 0.25) is 0 Å². The molecule has 0 fully saturated rings. The van der Waals surface area contributed by atoms with E-state index in [1.54, 1.807) is 6.20 Å². The highest BCUT2D eigenvalue weighted by molar-refractivity contribution is 5.51. The third-order valence-corrected chi connectivity index (χ3v) is 3.23. The van der Waals surface area contributed by atoms with Crippen LogP contribution in [0.4, 0.5) is 5.69 Å². The molecular formula is C16H15N3. The SMILES string of the molecule is Nc1ccccc1C(c1ccccc1)n1ccnc1. The average Bonchev–Trinajstić information content (AvgIpc) is 2.96. The van der Waals surface area contributed by atoms with Crippen molar-refractivity contribution in [3.05, 3.63) is 84.4 Å². The van der Waals surface area contributed by atoms with Gasteiger partial charge in [-0.05, 0) is 11.6 Å². The fraction of sp³-hybridized carbons (Fsp3) is 0.0625. The summed E-state index contributed by atoms with van der Waals surface area (Å²) in [6.45, 7) is 0. The van der Waals surface area contributed by atoms with Crippen LogP contribution in [0.15, 0.2) is 73.3 Å². The van der Waals surface area contributed by atoms with Gasteiger partial charge in [-0.25, -0.2) is 4.98 Å². The zero-order valence-electron chi connectivity index (χ0n) is 10.5. The Kier molecular flexibility index (Phi) is 3.02. The topological polar surface area (TPSA) is 43.8 Å². The normalized spacial score (nSPS) is 12.2. The van der Waals surface area contributed by atoms with E-state index in [-0.39, 0.29) is 6.04 Å². The van der Waals surface area contributed by atoms with Crippen LogP contribution in [0.25, 0.3) is 0 Å². The summed E-state index contributed by atoms with van der Waals surface area (Å²) in [6, 6.07) is 18.3. The molecule has 0 saturated heterocycles. The van der Waals surface area contributed by atoms with Gasteiger partial charge in [0.15, 0.2) is 0 Å². The van der Waals surface area contributed by atoms with E-state index in [1.807, 2.05) is 48.9 Å². The van der Waals surface area contributed by atoms with Gasteiger partial charge in [-0.15, -0.1) is 0 Å². The van der Waals surface area contributed by atoms with Gasteiger partial charge in [0.05, 0.1) is 12.4 Å². The van der Waals surface area contributed by atoms with Gasteiger partial charge in [-0.1, -0.05) is 48.5 Å². The van der Waals surface area contributed by atoms with Gasteiger partial charge in [-0.3, -0.25) is 0 Å². The standard InChI is InChI=1S/C16H15N3/c17-15-9-5-4-8-14(15)16(19-11-10-18-12-19)13-6-2-1-3-7-13/h1-12,16H,17H2. The predicted molar refractivity (Wildman–Crippen MR) is 76.8 cm³/mol. The summed E-state index contributed by atoms with van der Waals surface area (Å²) in [5.74, 6) is 0. The molecule has 19 heavy (non-hydrogen) atoms. The quantitative estimate of drug-likeness (QED) is 0.725. The first-order valence-electron chi connectivity index (χ1n) is 6.23. The lowest BCUT2D eigenvalue weighted by molar-refractivity contribution is 0.678. The van der Waals surface area contributed by atoms with E-state index in [0.29, 0.717) is 0 Å². The zero-order chi connectivity index (χ0) is 13.1. The lowest BCUT2D eigenvalue weighted by Crippen LogP contribution is -2.12. The molecule has 0 aliphatic rings. The summed E-state index contributed by atoms with van der Waals surface area (Å²) >= 11 is 0. The Hall–Kier alpha value is -2.55. The monoisotopic (exact) mass is 249 g/mol. The Morgan fingerprint density at radius 2 is 1.68 bits per heavy atom. The van der Waals surface area contributed by atoms with Gasteiger partial charge >= 0.3 is 0 Å². The number of para-hydroxylation sites is 1. The maximum atomic E-state index is 6.13. The van der Waals surface area contributed by atoms with E-state index in [9.17, 15) is 0 Å². The molecule has 2 N–H and O–H groups in total. The lowest BCUT2D eigenvalue weighted by Gasteiger charge is -2.21. The molecule has 0 aliphatic carbocycles. The van der Waals surface area contributed by atoms with E-state index in [4.69, 9.17) is 5.73 Å². The van der Waals surface area contributed by atoms with E-state index in [2.05, 4.69) is 27.8 Å². The van der Waals surface area contributed by atoms with Gasteiger partial charge in [0.2, 0.25) is 0 Å². The Morgan fingerprint density at radius 1 is 0.947 bits per heavy atom. The smallest absolute Gasteiger partial charge is 0.0954 e. The Morgan fingerprint density at radius 3 is 2.37 bits per heavy atom. The third kappa shape index (κ3) is 2.22. The van der Waals surface area contributed by atoms with Crippen LogP contribution < -0.4 is 5.73 Å². The van der Waals surface area contributed by atoms with Crippen LogP contribution in [-0.4, -0.2) is 9.55 Å². The van der Waals surface area contributed by atoms with Gasteiger partial charge < -0.3 is 10.3 Å². The van der Waals surface area contributed by atoms with Crippen LogP contribution in [0.1, 0.15) is 17.2 Å². The fourth-order valence-corrected chi connectivity index (χ4v) is 2.33. The second-order valence-corrected chi connectivity index (χ2v) is 4.45. The third-order valence-electron chi connectivity index (χ3n) is 3.23. The minimum atomic E-state index is 0.0601. The molecule has 0 aliphatic heterocycles. The van der Waals surface area contributed by atoms with Crippen molar-refractivity contribution in [3.63, 3.8) is 0 Å². The Labute approximate surface area is 112 Å². The van der Waals surface area contributed by atoms with Crippen LogP contribution >= 0.6 is 0 Å². The molecular weight excluding hydrogens is 234 g/mol. The van der Waals surface area contributed by atoms with Crippen molar-refractivity contribution < 1.29 is 0 Å². The Bertz CT molecular complexity index is 645. The highest BCUT2D eigenvalue weighted by Gasteiger charge is 2.17. The maximum absolute atomic E-state index is 6.13. The number of imidazole rings is 1. The molecule has 1 heterocycles. The summed E-state index contributed by atoms with van der Waals surface area (Å²) < 4.78 is 2.07. The molecule has 3 heteroatoms. The number of nitrogens with two attached hydrogens (primary N) is 1. The first-order valence-corrected chi connectivity index (χ1v) is 6.23. The van der Waals surface area contributed by atoms with Crippen molar-refractivity contribution in [1.29, 1.82) is 0 Å². The molecule has 94 valence electrons. The number of hydrogen-bond acceptors (Lipinski definition) is 2. The predicted octanol–water partition coefficient (Wildman–Crippen LogP) is 3.10. The molecule has 1 unspecified atom stereocenters. The molecule has 0 radical (unpaired) electrons. The van der Waals surface area contributed by atoms with E-state index < -0.39 is 0 Å². The second kappa shape index (κ2) is 4.98. The number of benzene rings is 2. The number of anilines is 1. The van der Waals surface area contributed by atoms with E-state index in [0.717, 1.165) is 11.3 Å². The first-order chi connectivity index (χ1) is 9.36. The van der Waals surface area contributed by atoms with Gasteiger partial charge in [-0.2, -0.15) is 0 Å². The van der Waals surface area contributed by atoms with E-state index in [1.165, 1.54) is 5.56 Å². The van der Waals surface area contributed by atoms with Crippen molar-refractivity contribution in [2.24, 2.45) is 0 Å². The minimum absolute atomic E-state index is 0.0601. The first kappa shape index (κ1) is 11.5. The van der Waals surface area contributed by atoms with Crippen molar-refractivity contribution in [3.8, 4) is 0 Å². The van der Waals surface area contributed by atoms with Gasteiger partial charge in [0, 0.05) is 23.6 Å². The lowest BCUT2D eigenvalue weighted by atomic mass is 9.97. The summed E-state index contributed by atoms with van der Waals surface area (Å²) in [4.78, 5) is 4.15. The molecule has 0 spiro atoms. The summed E-state index contributed by atoms with van der Waals surface area (Å²) in [7, 11) is 0. The van der Waals surface area contributed by atoms with Crippen molar-refractivity contribution in [1.82, 2.24) is 9.55 Å². The molecule has 2 aromatic carbocycles. The summed E-state index contributed by atoms with van der Waals surface area (Å²) in [5.41, 5.74) is 9.21. The molecule has 1 aromatic heterocycles. The van der Waals surface area contributed by atoms with Crippen molar-refractivity contribution >= 4 is 5.69 Å². The molecule has 1 atom stereocenters. The van der Waals surface area contributed by atoms with Crippen molar-refractivity contribution in [2.75, 3.05) is 5.73 Å². The Balaban J connectivity index is 2.16. The van der Waals surface area contributed by atoms with Crippen LogP contribution in [-0.2, 0) is 0 Å². The number of nitrogens with zero attached hydrogens (tertiary/aromatic N) is 2. The number of nitrogen functional groups attached to an aromatic ring is 1. The zero-order valence-corrected chi connectivity index (χ0v) is 10.5. The molecule has 3 aromatic rings. The van der Waals surface area contributed by atoms with Crippen LogP contribution in [0.5, 0.6) is 0 Å². The fourth-order valence-electron chi connectivity index (χ4n) is 2.33. The van der Waals surface area contributed by atoms with Crippen LogP contribution in [0, 0.1) is 0 Å².